The molecule has 0 fully saturated rings. The molecule has 350 valence electrons. The van der Waals surface area contributed by atoms with Crippen molar-refractivity contribution in [1.82, 2.24) is 30.0 Å². The fourth-order valence-corrected chi connectivity index (χ4v) is 11.3. The predicted molar refractivity (Wildman–Crippen MR) is 235 cm³/mol. The maximum absolute atomic E-state index is 13.9. The number of rotatable bonds is 14. The van der Waals surface area contributed by atoms with E-state index in [0.29, 0.717) is 22.9 Å². The van der Waals surface area contributed by atoms with E-state index in [-0.39, 0.29) is 58.3 Å². The number of fused-ring (bicyclic) bond motifs is 6. The van der Waals surface area contributed by atoms with E-state index < -0.39 is 88.2 Å². The minimum absolute atomic E-state index is 0.000907. The first-order valence-corrected chi connectivity index (χ1v) is 26.3. The van der Waals surface area contributed by atoms with E-state index >= 15 is 0 Å². The van der Waals surface area contributed by atoms with Crippen LogP contribution >= 0.6 is 12.0 Å². The van der Waals surface area contributed by atoms with Crippen molar-refractivity contribution in [3.63, 3.8) is 0 Å². The summed E-state index contributed by atoms with van der Waals surface area (Å²) in [5, 5.41) is 29.8. The summed E-state index contributed by atoms with van der Waals surface area (Å²) in [5.41, 5.74) is -1.46. The second-order valence-electron chi connectivity index (χ2n) is 14.0. The van der Waals surface area contributed by atoms with Gasteiger partial charge in [-0.25, -0.2) is 5.26 Å². The van der Waals surface area contributed by atoms with E-state index in [1.165, 1.54) is 78.9 Å². The molecule has 0 aliphatic carbocycles. The molecule has 0 saturated carbocycles. The monoisotopic (exact) mass is 1040 g/mol. The topological polar surface area (TPSA) is 350 Å². The van der Waals surface area contributed by atoms with Gasteiger partial charge in [-0.15, -0.1) is 34.3 Å². The van der Waals surface area contributed by atoms with Crippen molar-refractivity contribution < 1.29 is 78.7 Å². The number of hydrogen-bond donors (Lipinski definition) is 4. The summed E-state index contributed by atoms with van der Waals surface area (Å²) in [6, 6.07) is 23.9. The second kappa shape index (κ2) is 16.8. The average molecular weight is 1050 g/mol. The zero-order valence-electron chi connectivity index (χ0n) is 33.2. The highest BCUT2D eigenvalue weighted by molar-refractivity contribution is 7.95. The molecular formula is C38H24N6O18S6. The molecule has 0 aliphatic rings. The van der Waals surface area contributed by atoms with E-state index in [1.807, 2.05) is 0 Å². The van der Waals surface area contributed by atoms with Crippen LogP contribution in [-0.4, -0.2) is 91.0 Å². The minimum atomic E-state index is -5.16. The maximum Gasteiger partial charge on any atom is 0.339 e. The van der Waals surface area contributed by atoms with E-state index in [0.717, 1.165) is 41.2 Å². The quantitative estimate of drug-likeness (QED) is 0.0359. The molecule has 4 N–H and O–H groups in total. The lowest BCUT2D eigenvalue weighted by Gasteiger charge is -2.16. The first kappa shape index (κ1) is 46.4. The van der Waals surface area contributed by atoms with Gasteiger partial charge in [0.05, 0.1) is 21.8 Å². The Bertz CT molecular complexity index is 4140. The highest BCUT2D eigenvalue weighted by Crippen LogP contribution is 2.40. The second-order valence-corrected chi connectivity index (χ2v) is 22.1. The van der Waals surface area contributed by atoms with Gasteiger partial charge in [0.15, 0.2) is 11.5 Å². The Hall–Kier alpha value is -6.68. The van der Waals surface area contributed by atoms with Crippen molar-refractivity contribution in [3.8, 4) is 22.9 Å². The highest BCUT2D eigenvalue weighted by Gasteiger charge is 2.29. The fraction of sp³-hybridized carbons (Fsp3) is 0. The van der Waals surface area contributed by atoms with Crippen molar-refractivity contribution in [2.75, 3.05) is 0 Å². The largest absolute Gasteiger partial charge is 0.376 e. The van der Waals surface area contributed by atoms with E-state index in [9.17, 15) is 55.7 Å². The van der Waals surface area contributed by atoms with Crippen LogP contribution in [0.25, 0.3) is 55.0 Å². The van der Waals surface area contributed by atoms with Gasteiger partial charge >= 0.3 is 20.2 Å². The van der Waals surface area contributed by atoms with Crippen LogP contribution in [0.1, 0.15) is 0 Å². The third-order valence-corrected chi connectivity index (χ3v) is 15.5. The molecule has 30 heteroatoms. The SMILES string of the molecule is O=S(=O)(O)c1cc(SOOO)c2ccc3nn(-c4cc(OS(=O)(=O)c5ccccc5)c(-n5nc6ccc7c(S(=O)(=O)O)cc(S(=O)(=O)O)cc7c6n5)cc4OS(=O)(=O)c4ccccc4)nc3c2c1. The van der Waals surface area contributed by atoms with Gasteiger partial charge in [-0.2, -0.15) is 42.1 Å². The molecule has 0 unspecified atom stereocenters. The zero-order chi connectivity index (χ0) is 48.6. The third-order valence-electron chi connectivity index (χ3n) is 9.80. The first-order valence-electron chi connectivity index (χ1n) is 18.4. The molecule has 0 amide bonds. The van der Waals surface area contributed by atoms with Crippen LogP contribution < -0.4 is 8.37 Å². The summed E-state index contributed by atoms with van der Waals surface area (Å²) in [5.74, 6) is -1.33. The van der Waals surface area contributed by atoms with Crippen LogP contribution in [0.5, 0.6) is 11.5 Å². The lowest BCUT2D eigenvalue weighted by molar-refractivity contribution is -0.432. The number of benzene rings is 7. The molecular weight excluding hydrogens is 1020 g/mol. The van der Waals surface area contributed by atoms with Crippen LogP contribution in [0.15, 0.2) is 151 Å². The van der Waals surface area contributed by atoms with Gasteiger partial charge in [-0.05, 0) is 60.7 Å². The Labute approximate surface area is 386 Å². The lowest BCUT2D eigenvalue weighted by atomic mass is 10.1. The molecule has 7 aromatic carbocycles. The summed E-state index contributed by atoms with van der Waals surface area (Å²) in [4.78, 5) is -1.80. The Kier molecular flexibility index (Phi) is 11.5. The first-order chi connectivity index (χ1) is 32.0. The van der Waals surface area contributed by atoms with Crippen molar-refractivity contribution in [2.24, 2.45) is 0 Å². The van der Waals surface area contributed by atoms with Crippen LogP contribution in [0.3, 0.4) is 0 Å². The van der Waals surface area contributed by atoms with Gasteiger partial charge in [0, 0.05) is 38.6 Å². The number of nitrogens with zero attached hydrogens (tertiary/aromatic N) is 6. The van der Waals surface area contributed by atoms with E-state index in [1.54, 1.807) is 0 Å². The smallest absolute Gasteiger partial charge is 0.339 e. The molecule has 0 radical (unpaired) electrons. The molecule has 68 heavy (non-hydrogen) atoms. The van der Waals surface area contributed by atoms with Crippen molar-refractivity contribution in [3.05, 3.63) is 121 Å². The summed E-state index contributed by atoms with van der Waals surface area (Å²) >= 11 is 0.356. The standard InChI is InChI=1S/C38H24N6O18S6/c45-61-62-63-35-17-23(64(46,47)48)15-27-25(35)11-13-29-37(27)41-43(39-29)31-19-34(60-68(57,58)22-9-5-2-6-10-22)32(20-33(31)59-67(55,56)21-7-3-1-4-8-21)44-40-30-14-12-26-28(38(30)42-44)16-24(65(49,50)51)18-36(26)66(52,53)54/h1-20,45H,(H,46,47,48)(H,49,50,51)(H,52,53,54). The molecule has 2 aromatic heterocycles. The third kappa shape index (κ3) is 8.81. The summed E-state index contributed by atoms with van der Waals surface area (Å²) in [6.45, 7) is 0. The Morgan fingerprint density at radius 1 is 0.456 bits per heavy atom. The maximum atomic E-state index is 13.9. The molecule has 0 aliphatic heterocycles. The van der Waals surface area contributed by atoms with E-state index in [2.05, 4.69) is 29.8 Å². The molecule has 9 aromatic rings. The molecule has 0 atom stereocenters. The Morgan fingerprint density at radius 2 is 0.897 bits per heavy atom. The minimum Gasteiger partial charge on any atom is -0.376 e. The summed E-state index contributed by atoms with van der Waals surface area (Å²) < 4.78 is 176. The predicted octanol–water partition coefficient (Wildman–Crippen LogP) is 5.16. The van der Waals surface area contributed by atoms with Gasteiger partial charge in [0.25, 0.3) is 30.4 Å². The highest BCUT2D eigenvalue weighted by atomic mass is 32.2. The van der Waals surface area contributed by atoms with Gasteiger partial charge in [0.1, 0.15) is 48.1 Å². The Morgan fingerprint density at radius 3 is 1.34 bits per heavy atom. The van der Waals surface area contributed by atoms with E-state index in [4.69, 9.17) is 13.6 Å². The molecule has 24 nitrogen and oxygen atoms in total. The van der Waals surface area contributed by atoms with Crippen molar-refractivity contribution in [1.29, 1.82) is 0 Å². The molecule has 0 spiro atoms. The molecule has 0 bridgehead atoms. The Balaban J connectivity index is 1.34. The van der Waals surface area contributed by atoms with Crippen molar-refractivity contribution >= 4 is 106 Å². The van der Waals surface area contributed by atoms with Gasteiger partial charge in [0.2, 0.25) is 0 Å². The zero-order valence-corrected chi connectivity index (χ0v) is 38.1. The van der Waals surface area contributed by atoms with Crippen LogP contribution in [0.2, 0.25) is 0 Å². The van der Waals surface area contributed by atoms with Crippen LogP contribution in [-0.2, 0) is 60.0 Å². The number of aromatic nitrogens is 6. The van der Waals surface area contributed by atoms with Crippen LogP contribution in [0, 0.1) is 0 Å². The summed E-state index contributed by atoms with van der Waals surface area (Å²) in [6.07, 6.45) is 0. The molecule has 2 heterocycles. The lowest BCUT2D eigenvalue weighted by Crippen LogP contribution is -2.16. The van der Waals surface area contributed by atoms with Gasteiger partial charge < -0.3 is 8.37 Å². The van der Waals surface area contributed by atoms with Crippen molar-refractivity contribution in [2.45, 2.75) is 29.4 Å². The van der Waals surface area contributed by atoms with Gasteiger partial charge in [-0.1, -0.05) is 53.6 Å². The number of hydrogen-bond acceptors (Lipinski definition) is 20. The van der Waals surface area contributed by atoms with Gasteiger partial charge in [-0.3, -0.25) is 13.7 Å². The molecule has 0 saturated heterocycles. The normalized spacial score (nSPS) is 12.9. The molecule has 9 rings (SSSR count). The average Bonchev–Trinajstić information content (AvgIpc) is 3.93. The fourth-order valence-electron chi connectivity index (χ4n) is 6.85. The van der Waals surface area contributed by atoms with Crippen LogP contribution in [0.4, 0.5) is 0 Å². The summed E-state index contributed by atoms with van der Waals surface area (Å²) in [7, 11) is -24.8.